The Kier molecular flexibility index (Phi) is 5.74. The third kappa shape index (κ3) is 4.26. The molecule has 3 rings (SSSR count). The summed E-state index contributed by atoms with van der Waals surface area (Å²) in [6.45, 7) is 4.66. The van der Waals surface area contributed by atoms with E-state index in [1.165, 1.54) is 24.7 Å². The number of anilines is 1. The highest BCUT2D eigenvalue weighted by Gasteiger charge is 2.24. The van der Waals surface area contributed by atoms with Crippen LogP contribution >= 0.6 is 11.6 Å². The number of aryl methyl sites for hydroxylation is 1. The van der Waals surface area contributed by atoms with E-state index >= 15 is 0 Å². The van der Waals surface area contributed by atoms with Gasteiger partial charge in [0, 0.05) is 37.4 Å². The molecule has 1 N–H and O–H groups in total. The molecule has 0 saturated carbocycles. The normalized spacial score (nSPS) is 15.1. The zero-order chi connectivity index (χ0) is 19.6. The van der Waals surface area contributed by atoms with Gasteiger partial charge in [-0.05, 0) is 49.9 Å². The monoisotopic (exact) mass is 407 g/mol. The Morgan fingerprint density at radius 1 is 1.07 bits per heavy atom. The first-order valence-corrected chi connectivity index (χ1v) is 10.5. The van der Waals surface area contributed by atoms with Crippen LogP contribution in [0.3, 0.4) is 0 Å². The van der Waals surface area contributed by atoms with Gasteiger partial charge in [-0.25, -0.2) is 13.1 Å². The molecule has 2 aromatic carbocycles. The molecule has 2 aromatic rings. The van der Waals surface area contributed by atoms with Crippen molar-refractivity contribution in [2.75, 3.05) is 38.1 Å². The lowest BCUT2D eigenvalue weighted by molar-refractivity contribution is 0.0746. The highest BCUT2D eigenvalue weighted by Crippen LogP contribution is 2.24. The van der Waals surface area contributed by atoms with E-state index in [0.29, 0.717) is 18.7 Å². The summed E-state index contributed by atoms with van der Waals surface area (Å²) in [6, 6.07) is 12.6. The molecule has 1 aliphatic rings. The van der Waals surface area contributed by atoms with Gasteiger partial charge in [-0.2, -0.15) is 0 Å². The molecule has 0 aliphatic carbocycles. The zero-order valence-electron chi connectivity index (χ0n) is 15.3. The second-order valence-electron chi connectivity index (χ2n) is 6.47. The molecular formula is C19H22ClN3O3S. The predicted molar refractivity (Wildman–Crippen MR) is 107 cm³/mol. The van der Waals surface area contributed by atoms with Crippen LogP contribution in [0.5, 0.6) is 0 Å². The van der Waals surface area contributed by atoms with Crippen LogP contribution in [0, 0.1) is 6.92 Å². The molecule has 6 nitrogen and oxygen atoms in total. The Balaban J connectivity index is 1.74. The molecule has 27 heavy (non-hydrogen) atoms. The topological polar surface area (TPSA) is 69.7 Å². The molecule has 1 fully saturated rings. The Morgan fingerprint density at radius 3 is 2.41 bits per heavy atom. The lowest BCUT2D eigenvalue weighted by atomic mass is 10.1. The number of halogens is 1. The SMILES string of the molecule is CNS(=O)(=O)c1cc(C(=O)N2CCN(c3cccc(C)c3)CC2)ccc1Cl. The van der Waals surface area contributed by atoms with E-state index in [1.807, 2.05) is 6.07 Å². The maximum atomic E-state index is 12.8. The van der Waals surface area contributed by atoms with Crippen molar-refractivity contribution in [3.05, 3.63) is 58.6 Å². The van der Waals surface area contributed by atoms with E-state index in [4.69, 9.17) is 11.6 Å². The second kappa shape index (κ2) is 7.88. The summed E-state index contributed by atoms with van der Waals surface area (Å²) in [5.41, 5.74) is 2.67. The Hall–Kier alpha value is -2.09. The number of hydrogen-bond donors (Lipinski definition) is 1. The first-order chi connectivity index (χ1) is 12.8. The summed E-state index contributed by atoms with van der Waals surface area (Å²) < 4.78 is 26.4. The van der Waals surface area contributed by atoms with E-state index in [0.717, 1.165) is 18.8 Å². The molecule has 1 amide bonds. The number of nitrogens with one attached hydrogen (secondary N) is 1. The Labute approximate surface area is 164 Å². The van der Waals surface area contributed by atoms with Crippen molar-refractivity contribution in [1.29, 1.82) is 0 Å². The maximum absolute atomic E-state index is 12.8. The van der Waals surface area contributed by atoms with Gasteiger partial charge in [0.1, 0.15) is 4.90 Å². The van der Waals surface area contributed by atoms with E-state index in [9.17, 15) is 13.2 Å². The van der Waals surface area contributed by atoms with Crippen LogP contribution in [0.15, 0.2) is 47.4 Å². The van der Waals surface area contributed by atoms with Crippen LogP contribution in [0.25, 0.3) is 0 Å². The van der Waals surface area contributed by atoms with Gasteiger partial charge < -0.3 is 9.80 Å². The van der Waals surface area contributed by atoms with Gasteiger partial charge in [-0.15, -0.1) is 0 Å². The number of piperazine rings is 1. The predicted octanol–water partition coefficient (Wildman–Crippen LogP) is 2.52. The minimum absolute atomic E-state index is 0.0871. The molecule has 0 aromatic heterocycles. The van der Waals surface area contributed by atoms with Crippen molar-refractivity contribution in [1.82, 2.24) is 9.62 Å². The van der Waals surface area contributed by atoms with Crippen LogP contribution in [-0.4, -0.2) is 52.5 Å². The van der Waals surface area contributed by atoms with E-state index in [-0.39, 0.29) is 15.8 Å². The summed E-state index contributed by atoms with van der Waals surface area (Å²) >= 11 is 6.00. The number of rotatable bonds is 4. The fraction of sp³-hybridized carbons (Fsp3) is 0.316. The van der Waals surface area contributed by atoms with Crippen molar-refractivity contribution in [2.45, 2.75) is 11.8 Å². The van der Waals surface area contributed by atoms with Crippen LogP contribution < -0.4 is 9.62 Å². The standard InChI is InChI=1S/C19H22ClN3O3S/c1-14-4-3-5-16(12-14)22-8-10-23(11-9-22)19(24)15-6-7-17(20)18(13-15)27(25,26)21-2/h3-7,12-13,21H,8-11H2,1-2H3. The summed E-state index contributed by atoms with van der Waals surface area (Å²) in [7, 11) is -2.42. The minimum Gasteiger partial charge on any atom is -0.368 e. The zero-order valence-corrected chi connectivity index (χ0v) is 16.8. The third-order valence-corrected chi connectivity index (χ3v) is 6.57. The molecule has 1 saturated heterocycles. The summed E-state index contributed by atoms with van der Waals surface area (Å²) in [5, 5.41) is 0.0881. The van der Waals surface area contributed by atoms with Gasteiger partial charge in [-0.3, -0.25) is 4.79 Å². The quantitative estimate of drug-likeness (QED) is 0.845. The molecular weight excluding hydrogens is 386 g/mol. The molecule has 0 unspecified atom stereocenters. The summed E-state index contributed by atoms with van der Waals surface area (Å²) in [6.07, 6.45) is 0. The highest BCUT2D eigenvalue weighted by atomic mass is 35.5. The molecule has 0 bridgehead atoms. The summed E-state index contributed by atoms with van der Waals surface area (Å²) in [4.78, 5) is 16.7. The van der Waals surface area contributed by atoms with E-state index < -0.39 is 10.0 Å². The first-order valence-electron chi connectivity index (χ1n) is 8.66. The third-order valence-electron chi connectivity index (χ3n) is 4.67. The number of hydrogen-bond acceptors (Lipinski definition) is 4. The maximum Gasteiger partial charge on any atom is 0.254 e. The van der Waals surface area contributed by atoms with Crippen molar-refractivity contribution in [2.24, 2.45) is 0 Å². The highest BCUT2D eigenvalue weighted by molar-refractivity contribution is 7.89. The van der Waals surface area contributed by atoms with Crippen molar-refractivity contribution >= 4 is 33.2 Å². The average molecular weight is 408 g/mol. The van der Waals surface area contributed by atoms with Crippen LogP contribution in [0.2, 0.25) is 5.02 Å². The fourth-order valence-corrected chi connectivity index (χ4v) is 4.38. The Bertz CT molecular complexity index is 954. The van der Waals surface area contributed by atoms with Crippen LogP contribution in [0.4, 0.5) is 5.69 Å². The van der Waals surface area contributed by atoms with Crippen molar-refractivity contribution in [3.63, 3.8) is 0 Å². The number of carbonyl (C=O) groups is 1. The summed E-state index contributed by atoms with van der Waals surface area (Å²) in [5.74, 6) is -0.192. The molecule has 0 radical (unpaired) electrons. The van der Waals surface area contributed by atoms with Gasteiger partial charge >= 0.3 is 0 Å². The molecule has 144 valence electrons. The smallest absolute Gasteiger partial charge is 0.254 e. The Morgan fingerprint density at radius 2 is 1.78 bits per heavy atom. The molecule has 0 spiro atoms. The average Bonchev–Trinajstić information content (AvgIpc) is 2.68. The molecule has 0 atom stereocenters. The number of sulfonamides is 1. The molecule has 1 heterocycles. The van der Waals surface area contributed by atoms with Gasteiger partial charge in [0.05, 0.1) is 5.02 Å². The molecule has 8 heteroatoms. The lowest BCUT2D eigenvalue weighted by Crippen LogP contribution is -2.48. The van der Waals surface area contributed by atoms with E-state index in [1.54, 1.807) is 11.0 Å². The van der Waals surface area contributed by atoms with Gasteiger partial charge in [0.2, 0.25) is 10.0 Å². The number of nitrogens with zero attached hydrogens (tertiary/aromatic N) is 2. The van der Waals surface area contributed by atoms with Crippen LogP contribution in [-0.2, 0) is 10.0 Å². The minimum atomic E-state index is -3.73. The lowest BCUT2D eigenvalue weighted by Gasteiger charge is -2.36. The van der Waals surface area contributed by atoms with E-state index in [2.05, 4.69) is 34.7 Å². The van der Waals surface area contributed by atoms with Crippen LogP contribution in [0.1, 0.15) is 15.9 Å². The second-order valence-corrected chi connectivity index (χ2v) is 8.73. The van der Waals surface area contributed by atoms with Gasteiger partial charge in [0.15, 0.2) is 0 Å². The number of carbonyl (C=O) groups excluding carboxylic acids is 1. The van der Waals surface area contributed by atoms with Gasteiger partial charge in [0.25, 0.3) is 5.91 Å². The number of benzene rings is 2. The van der Waals surface area contributed by atoms with Gasteiger partial charge in [-0.1, -0.05) is 23.7 Å². The first kappa shape index (κ1) is 19.7. The van der Waals surface area contributed by atoms with Crippen molar-refractivity contribution in [3.8, 4) is 0 Å². The van der Waals surface area contributed by atoms with Crippen molar-refractivity contribution < 1.29 is 13.2 Å². The fourth-order valence-electron chi connectivity index (χ4n) is 3.13. The molecule has 1 aliphatic heterocycles. The number of amides is 1. The largest absolute Gasteiger partial charge is 0.368 e.